The first-order chi connectivity index (χ1) is 7.33. The average Bonchev–Trinajstić information content (AvgIpc) is 2.94. The molecule has 96 valence electrons. The zero-order chi connectivity index (χ0) is 12.3. The van der Waals surface area contributed by atoms with Crippen molar-refractivity contribution >= 4 is 0 Å². The lowest BCUT2D eigenvalue weighted by Gasteiger charge is -2.36. The molecule has 16 heavy (non-hydrogen) atoms. The van der Waals surface area contributed by atoms with Crippen LogP contribution in [0.15, 0.2) is 0 Å². The summed E-state index contributed by atoms with van der Waals surface area (Å²) in [6.45, 7) is 13.7. The summed E-state index contributed by atoms with van der Waals surface area (Å²) in [7, 11) is 0. The second-order valence-electron chi connectivity index (χ2n) is 6.66. The van der Waals surface area contributed by atoms with E-state index in [0.717, 1.165) is 18.5 Å². The van der Waals surface area contributed by atoms with Crippen molar-refractivity contribution in [3.63, 3.8) is 0 Å². The van der Waals surface area contributed by atoms with Gasteiger partial charge in [-0.25, -0.2) is 0 Å². The molecule has 0 spiro atoms. The topological polar surface area (TPSA) is 29.3 Å². The van der Waals surface area contributed by atoms with E-state index in [1.165, 1.54) is 25.8 Å². The molecule has 0 amide bonds. The minimum absolute atomic E-state index is 0.236. The maximum Gasteiger partial charge on any atom is 0.00966 e. The van der Waals surface area contributed by atoms with Crippen LogP contribution in [0.25, 0.3) is 0 Å². The third-order valence-electron chi connectivity index (χ3n) is 3.90. The van der Waals surface area contributed by atoms with Gasteiger partial charge in [-0.2, -0.15) is 0 Å². The van der Waals surface area contributed by atoms with E-state index in [1.54, 1.807) is 0 Å². The third-order valence-corrected chi connectivity index (χ3v) is 3.90. The van der Waals surface area contributed by atoms with Gasteiger partial charge in [0, 0.05) is 18.6 Å². The molecule has 0 heterocycles. The predicted molar refractivity (Wildman–Crippen MR) is 71.5 cm³/mol. The van der Waals surface area contributed by atoms with Gasteiger partial charge in [-0.15, -0.1) is 0 Å². The maximum atomic E-state index is 6.07. The highest BCUT2D eigenvalue weighted by molar-refractivity contribution is 4.90. The molecule has 2 nitrogen and oxygen atoms in total. The van der Waals surface area contributed by atoms with E-state index >= 15 is 0 Å². The molecule has 1 rings (SSSR count). The molecule has 1 unspecified atom stereocenters. The SMILES string of the molecule is CC(C)CCN(CC(C)(C)C(C)N)C1CC1. The Bertz CT molecular complexity index is 205. The van der Waals surface area contributed by atoms with Gasteiger partial charge in [0.25, 0.3) is 0 Å². The van der Waals surface area contributed by atoms with Gasteiger partial charge in [0.1, 0.15) is 0 Å². The third kappa shape index (κ3) is 4.42. The molecule has 1 aliphatic carbocycles. The van der Waals surface area contributed by atoms with Crippen molar-refractivity contribution in [1.29, 1.82) is 0 Å². The zero-order valence-electron chi connectivity index (χ0n) is 11.8. The summed E-state index contributed by atoms with van der Waals surface area (Å²) in [6.07, 6.45) is 4.10. The van der Waals surface area contributed by atoms with Crippen molar-refractivity contribution in [2.24, 2.45) is 17.1 Å². The highest BCUT2D eigenvalue weighted by atomic mass is 15.2. The molecule has 1 atom stereocenters. The van der Waals surface area contributed by atoms with Crippen LogP contribution in [-0.2, 0) is 0 Å². The molecular formula is C14H30N2. The first kappa shape index (κ1) is 14.0. The van der Waals surface area contributed by atoms with Gasteiger partial charge in [-0.05, 0) is 44.1 Å². The molecule has 0 radical (unpaired) electrons. The Morgan fingerprint density at radius 3 is 2.19 bits per heavy atom. The van der Waals surface area contributed by atoms with Crippen molar-refractivity contribution in [3.05, 3.63) is 0 Å². The molecule has 0 bridgehead atoms. The Morgan fingerprint density at radius 2 is 1.81 bits per heavy atom. The van der Waals surface area contributed by atoms with E-state index in [4.69, 9.17) is 5.73 Å². The minimum atomic E-state index is 0.236. The normalized spacial score (nSPS) is 19.5. The first-order valence-electron chi connectivity index (χ1n) is 6.82. The van der Waals surface area contributed by atoms with Gasteiger partial charge in [0.05, 0.1) is 0 Å². The molecule has 0 aromatic rings. The van der Waals surface area contributed by atoms with E-state index in [9.17, 15) is 0 Å². The van der Waals surface area contributed by atoms with Crippen LogP contribution in [0.5, 0.6) is 0 Å². The Labute approximate surface area is 102 Å². The molecule has 0 saturated heterocycles. The molecule has 0 aliphatic heterocycles. The standard InChI is InChI=1S/C14H30N2/c1-11(2)8-9-16(13-6-7-13)10-14(4,5)12(3)15/h11-13H,6-10,15H2,1-5H3. The maximum absolute atomic E-state index is 6.07. The average molecular weight is 226 g/mol. The summed E-state index contributed by atoms with van der Waals surface area (Å²) in [5.41, 5.74) is 6.30. The highest BCUT2D eigenvalue weighted by Crippen LogP contribution is 2.31. The lowest BCUT2D eigenvalue weighted by Crippen LogP contribution is -2.45. The predicted octanol–water partition coefficient (Wildman–Crippen LogP) is 2.87. The molecule has 2 heteroatoms. The lowest BCUT2D eigenvalue weighted by molar-refractivity contribution is 0.144. The van der Waals surface area contributed by atoms with E-state index in [0.29, 0.717) is 0 Å². The van der Waals surface area contributed by atoms with Gasteiger partial charge < -0.3 is 5.73 Å². The number of hydrogen-bond acceptors (Lipinski definition) is 2. The first-order valence-corrected chi connectivity index (χ1v) is 6.82. The van der Waals surface area contributed by atoms with E-state index in [-0.39, 0.29) is 11.5 Å². The number of hydrogen-bond donors (Lipinski definition) is 1. The minimum Gasteiger partial charge on any atom is -0.327 e. The fourth-order valence-corrected chi connectivity index (χ4v) is 1.92. The fraction of sp³-hybridized carbons (Fsp3) is 1.00. The van der Waals surface area contributed by atoms with Crippen LogP contribution < -0.4 is 5.73 Å². The molecule has 0 aromatic heterocycles. The van der Waals surface area contributed by atoms with Crippen molar-refractivity contribution < 1.29 is 0 Å². The largest absolute Gasteiger partial charge is 0.327 e. The van der Waals surface area contributed by atoms with Crippen molar-refractivity contribution in [2.45, 2.75) is 66.0 Å². The van der Waals surface area contributed by atoms with Gasteiger partial charge in [-0.3, -0.25) is 4.90 Å². The van der Waals surface area contributed by atoms with Crippen LogP contribution in [-0.4, -0.2) is 30.1 Å². The smallest absolute Gasteiger partial charge is 0.00966 e. The Morgan fingerprint density at radius 1 is 1.25 bits per heavy atom. The summed E-state index contributed by atoms with van der Waals surface area (Å²) in [6, 6.07) is 1.13. The van der Waals surface area contributed by atoms with Crippen LogP contribution in [0.4, 0.5) is 0 Å². The Balaban J connectivity index is 2.44. The van der Waals surface area contributed by atoms with Gasteiger partial charge >= 0.3 is 0 Å². The molecule has 1 saturated carbocycles. The quantitative estimate of drug-likeness (QED) is 0.723. The van der Waals surface area contributed by atoms with E-state index in [1.807, 2.05) is 0 Å². The number of nitrogens with two attached hydrogens (primary N) is 1. The van der Waals surface area contributed by atoms with Crippen LogP contribution >= 0.6 is 0 Å². The zero-order valence-corrected chi connectivity index (χ0v) is 11.8. The summed E-state index contributed by atoms with van der Waals surface area (Å²) in [5.74, 6) is 0.805. The molecule has 2 N–H and O–H groups in total. The second-order valence-corrected chi connectivity index (χ2v) is 6.66. The molecule has 1 fully saturated rings. The van der Waals surface area contributed by atoms with Crippen molar-refractivity contribution in [1.82, 2.24) is 4.90 Å². The summed E-state index contributed by atoms with van der Waals surface area (Å²) < 4.78 is 0. The van der Waals surface area contributed by atoms with Crippen LogP contribution in [0.3, 0.4) is 0 Å². The summed E-state index contributed by atoms with van der Waals surface area (Å²) in [5, 5.41) is 0. The van der Waals surface area contributed by atoms with Crippen molar-refractivity contribution in [2.75, 3.05) is 13.1 Å². The number of nitrogens with zero attached hydrogens (tertiary/aromatic N) is 1. The monoisotopic (exact) mass is 226 g/mol. The molecular weight excluding hydrogens is 196 g/mol. The van der Waals surface area contributed by atoms with E-state index < -0.39 is 0 Å². The second kappa shape index (κ2) is 5.50. The fourth-order valence-electron chi connectivity index (χ4n) is 1.92. The molecule has 0 aromatic carbocycles. The van der Waals surface area contributed by atoms with Gasteiger partial charge in [-0.1, -0.05) is 27.7 Å². The lowest BCUT2D eigenvalue weighted by atomic mass is 9.85. The van der Waals surface area contributed by atoms with Crippen LogP contribution in [0.1, 0.15) is 53.9 Å². The summed E-state index contributed by atoms with van der Waals surface area (Å²) in [4.78, 5) is 2.67. The highest BCUT2D eigenvalue weighted by Gasteiger charge is 2.34. The van der Waals surface area contributed by atoms with Crippen LogP contribution in [0.2, 0.25) is 0 Å². The van der Waals surface area contributed by atoms with Crippen molar-refractivity contribution in [3.8, 4) is 0 Å². The van der Waals surface area contributed by atoms with E-state index in [2.05, 4.69) is 39.5 Å². The van der Waals surface area contributed by atoms with Crippen LogP contribution in [0, 0.1) is 11.3 Å². The van der Waals surface area contributed by atoms with Gasteiger partial charge in [0.2, 0.25) is 0 Å². The molecule has 1 aliphatic rings. The number of rotatable bonds is 7. The van der Waals surface area contributed by atoms with Gasteiger partial charge in [0.15, 0.2) is 0 Å². The summed E-state index contributed by atoms with van der Waals surface area (Å²) >= 11 is 0. The Hall–Kier alpha value is -0.0800. The Kier molecular flexibility index (Phi) is 4.81.